The van der Waals surface area contributed by atoms with Crippen LogP contribution in [0.3, 0.4) is 0 Å². The number of aromatic nitrogens is 1. The second-order valence-electron chi connectivity index (χ2n) is 9.81. The molecule has 2 amide bonds. The number of nitrogens with one attached hydrogen (secondary N) is 2. The minimum atomic E-state index is -0.954. The number of anilines is 1. The number of piperazine rings is 1. The van der Waals surface area contributed by atoms with E-state index in [2.05, 4.69) is 27.7 Å². The van der Waals surface area contributed by atoms with E-state index >= 15 is 0 Å². The van der Waals surface area contributed by atoms with Crippen LogP contribution < -0.4 is 10.6 Å². The first-order valence-corrected chi connectivity index (χ1v) is 12.6. The molecule has 1 aromatic rings. The number of urea groups is 1. The molecule has 1 fully saturated rings. The maximum absolute atomic E-state index is 12.8. The van der Waals surface area contributed by atoms with E-state index < -0.39 is 12.0 Å². The highest BCUT2D eigenvalue weighted by Crippen LogP contribution is 2.21. The van der Waals surface area contributed by atoms with E-state index in [9.17, 15) is 14.7 Å². The molecule has 3 N–H and O–H groups in total. The number of carboxylic acids is 1. The van der Waals surface area contributed by atoms with Gasteiger partial charge in [-0.2, -0.15) is 0 Å². The minimum absolute atomic E-state index is 0.0635. The Labute approximate surface area is 198 Å². The van der Waals surface area contributed by atoms with E-state index in [4.69, 9.17) is 4.98 Å². The highest BCUT2D eigenvalue weighted by Gasteiger charge is 2.33. The van der Waals surface area contributed by atoms with Gasteiger partial charge < -0.3 is 25.5 Å². The standard InChI is InChI=1S/C25H41N5O3/c1-18-16-29(3)17-19(2)30(18)25(33)28-22(24(31)32)12-8-6-4-5-7-11-21-14-13-20-10-9-15-26-23(20)27-21/h13-14,18-19,22H,4-12,15-17H2,1-3H3,(H,26,27)(H,28,33)(H,31,32)/t18-,19+,22?. The number of aliphatic carboxylic acids is 1. The SMILES string of the molecule is C[C@@H]1CN(C)C[C@H](C)N1C(=O)NC(CCCCCCCc1ccc2c(n1)NCCC2)C(=O)O. The van der Waals surface area contributed by atoms with E-state index in [1.807, 2.05) is 20.9 Å². The quantitative estimate of drug-likeness (QED) is 0.463. The molecule has 33 heavy (non-hydrogen) atoms. The zero-order valence-electron chi connectivity index (χ0n) is 20.5. The first-order valence-electron chi connectivity index (χ1n) is 12.6. The van der Waals surface area contributed by atoms with Crippen molar-refractivity contribution in [3.8, 4) is 0 Å². The number of carbonyl (C=O) groups excluding carboxylic acids is 1. The van der Waals surface area contributed by atoms with Gasteiger partial charge in [-0.15, -0.1) is 0 Å². The Hall–Kier alpha value is -2.35. The van der Waals surface area contributed by atoms with Crippen LogP contribution in [0.15, 0.2) is 12.1 Å². The average Bonchev–Trinajstić information content (AvgIpc) is 2.76. The number of aryl methyl sites for hydroxylation is 2. The molecule has 0 saturated carbocycles. The summed E-state index contributed by atoms with van der Waals surface area (Å²) >= 11 is 0. The van der Waals surface area contributed by atoms with Crippen molar-refractivity contribution in [3.63, 3.8) is 0 Å². The maximum atomic E-state index is 12.8. The summed E-state index contributed by atoms with van der Waals surface area (Å²) in [6.45, 7) is 6.63. The van der Waals surface area contributed by atoms with Crippen molar-refractivity contribution in [2.24, 2.45) is 0 Å². The fraction of sp³-hybridized carbons (Fsp3) is 0.720. The molecule has 8 heteroatoms. The van der Waals surface area contributed by atoms with Crippen molar-refractivity contribution in [3.05, 3.63) is 23.4 Å². The number of hydrogen-bond donors (Lipinski definition) is 3. The van der Waals surface area contributed by atoms with Crippen LogP contribution in [0.4, 0.5) is 10.6 Å². The Morgan fingerprint density at radius 3 is 2.58 bits per heavy atom. The summed E-state index contributed by atoms with van der Waals surface area (Å²) < 4.78 is 0. The fourth-order valence-electron chi connectivity index (χ4n) is 5.16. The van der Waals surface area contributed by atoms with Crippen LogP contribution in [0.25, 0.3) is 0 Å². The number of nitrogens with zero attached hydrogens (tertiary/aromatic N) is 3. The molecule has 2 aliphatic heterocycles. The van der Waals surface area contributed by atoms with Gasteiger partial charge in [0.25, 0.3) is 0 Å². The van der Waals surface area contributed by atoms with E-state index in [0.717, 1.165) is 76.1 Å². The van der Waals surface area contributed by atoms with E-state index in [0.29, 0.717) is 6.42 Å². The van der Waals surface area contributed by atoms with E-state index in [-0.39, 0.29) is 18.1 Å². The van der Waals surface area contributed by atoms with Gasteiger partial charge in [-0.1, -0.05) is 31.7 Å². The lowest BCUT2D eigenvalue weighted by Gasteiger charge is -2.43. The van der Waals surface area contributed by atoms with Gasteiger partial charge in [-0.05, 0) is 64.6 Å². The lowest BCUT2D eigenvalue weighted by molar-refractivity contribution is -0.139. The summed E-state index contributed by atoms with van der Waals surface area (Å²) in [5, 5.41) is 15.7. The number of fused-ring (bicyclic) bond motifs is 1. The number of carbonyl (C=O) groups is 2. The highest BCUT2D eigenvalue weighted by atomic mass is 16.4. The topological polar surface area (TPSA) is 97.8 Å². The normalized spacial score (nSPS) is 21.7. The molecule has 2 aliphatic rings. The van der Waals surface area contributed by atoms with Gasteiger partial charge in [-0.3, -0.25) is 0 Å². The summed E-state index contributed by atoms with van der Waals surface area (Å²) in [7, 11) is 2.04. The zero-order chi connectivity index (χ0) is 23.8. The number of unbranched alkanes of at least 4 members (excludes halogenated alkanes) is 4. The molecular formula is C25H41N5O3. The average molecular weight is 460 g/mol. The first-order chi connectivity index (χ1) is 15.8. The summed E-state index contributed by atoms with van der Waals surface area (Å²) in [5.74, 6) is 0.103. The van der Waals surface area contributed by atoms with Crippen molar-refractivity contribution < 1.29 is 14.7 Å². The van der Waals surface area contributed by atoms with Crippen LogP contribution in [0.2, 0.25) is 0 Å². The predicted molar refractivity (Wildman–Crippen MR) is 131 cm³/mol. The summed E-state index contributed by atoms with van der Waals surface area (Å²) in [6, 6.07) is 3.38. The Morgan fingerprint density at radius 1 is 1.15 bits per heavy atom. The molecule has 1 saturated heterocycles. The van der Waals surface area contributed by atoms with Crippen molar-refractivity contribution in [2.45, 2.75) is 89.8 Å². The van der Waals surface area contributed by atoms with Gasteiger partial charge in [0.1, 0.15) is 11.9 Å². The number of carboxylic acid groups (broad SMARTS) is 1. The molecule has 1 unspecified atom stereocenters. The third kappa shape index (κ3) is 7.32. The zero-order valence-corrected chi connectivity index (χ0v) is 20.5. The van der Waals surface area contributed by atoms with Gasteiger partial charge in [0, 0.05) is 37.4 Å². The lowest BCUT2D eigenvalue weighted by Crippen LogP contribution is -2.61. The molecule has 1 aromatic heterocycles. The summed E-state index contributed by atoms with van der Waals surface area (Å²) in [6.07, 6.45) is 8.76. The van der Waals surface area contributed by atoms with Gasteiger partial charge >= 0.3 is 12.0 Å². The van der Waals surface area contributed by atoms with Crippen LogP contribution >= 0.6 is 0 Å². The number of pyridine rings is 1. The monoisotopic (exact) mass is 459 g/mol. The molecule has 3 rings (SSSR count). The summed E-state index contributed by atoms with van der Waals surface area (Å²) in [5.41, 5.74) is 2.46. The van der Waals surface area contributed by atoms with Crippen LogP contribution in [-0.2, 0) is 17.6 Å². The number of hydrogen-bond acceptors (Lipinski definition) is 5. The molecule has 0 bridgehead atoms. The number of amides is 2. The van der Waals surface area contributed by atoms with Crippen LogP contribution in [0, 0.1) is 0 Å². The Bertz CT molecular complexity index is 790. The Balaban J connectivity index is 1.33. The maximum Gasteiger partial charge on any atom is 0.326 e. The van der Waals surface area contributed by atoms with Crippen LogP contribution in [-0.4, -0.2) is 76.7 Å². The second-order valence-corrected chi connectivity index (χ2v) is 9.81. The van der Waals surface area contributed by atoms with Gasteiger partial charge in [0.2, 0.25) is 0 Å². The molecular weight excluding hydrogens is 418 g/mol. The van der Waals surface area contributed by atoms with Gasteiger partial charge in [0.05, 0.1) is 0 Å². The van der Waals surface area contributed by atoms with E-state index in [1.165, 1.54) is 12.0 Å². The van der Waals surface area contributed by atoms with Crippen LogP contribution in [0.1, 0.15) is 70.1 Å². The smallest absolute Gasteiger partial charge is 0.326 e. The molecule has 3 heterocycles. The van der Waals surface area contributed by atoms with E-state index in [1.54, 1.807) is 4.90 Å². The third-order valence-corrected chi connectivity index (χ3v) is 6.81. The molecule has 0 aliphatic carbocycles. The number of rotatable bonds is 10. The van der Waals surface area contributed by atoms with Crippen LogP contribution in [0.5, 0.6) is 0 Å². The van der Waals surface area contributed by atoms with Crippen molar-refractivity contribution >= 4 is 17.8 Å². The van der Waals surface area contributed by atoms with Gasteiger partial charge in [-0.25, -0.2) is 14.6 Å². The van der Waals surface area contributed by atoms with Gasteiger partial charge in [0.15, 0.2) is 0 Å². The first kappa shape index (κ1) is 25.3. The molecule has 8 nitrogen and oxygen atoms in total. The molecule has 0 radical (unpaired) electrons. The van der Waals surface area contributed by atoms with Crippen molar-refractivity contribution in [1.29, 1.82) is 0 Å². The molecule has 0 aromatic carbocycles. The predicted octanol–water partition coefficient (Wildman–Crippen LogP) is 3.51. The molecule has 184 valence electrons. The Morgan fingerprint density at radius 2 is 1.85 bits per heavy atom. The Kier molecular flexibility index (Phi) is 9.35. The highest BCUT2D eigenvalue weighted by molar-refractivity contribution is 5.83. The molecule has 0 spiro atoms. The molecule has 3 atom stereocenters. The third-order valence-electron chi connectivity index (χ3n) is 6.81. The lowest BCUT2D eigenvalue weighted by atomic mass is 10.0. The minimum Gasteiger partial charge on any atom is -0.480 e. The second kappa shape index (κ2) is 12.2. The fourth-order valence-corrected chi connectivity index (χ4v) is 5.16. The largest absolute Gasteiger partial charge is 0.480 e. The van der Waals surface area contributed by atoms with Crippen molar-refractivity contribution in [1.82, 2.24) is 20.1 Å². The van der Waals surface area contributed by atoms with Crippen molar-refractivity contribution in [2.75, 3.05) is 32.0 Å². The summed E-state index contributed by atoms with van der Waals surface area (Å²) in [4.78, 5) is 33.2. The number of likely N-dealkylation sites (N-methyl/N-ethyl adjacent to an activating group) is 1.